The second kappa shape index (κ2) is 4.31. The van der Waals surface area contributed by atoms with Gasteiger partial charge in [-0.3, -0.25) is 0 Å². The molecule has 3 heteroatoms. The summed E-state index contributed by atoms with van der Waals surface area (Å²) in [7, 11) is 1.80. The summed E-state index contributed by atoms with van der Waals surface area (Å²) < 4.78 is 26.5. The lowest BCUT2D eigenvalue weighted by Gasteiger charge is -2.05. The quantitative estimate of drug-likeness (QED) is 0.812. The van der Waals surface area contributed by atoms with E-state index in [0.717, 1.165) is 11.8 Å². The van der Waals surface area contributed by atoms with E-state index in [4.69, 9.17) is 0 Å². The van der Waals surface area contributed by atoms with Gasteiger partial charge in [0.2, 0.25) is 0 Å². The molecule has 0 radical (unpaired) electrons. The topological polar surface area (TPSA) is 12.0 Å². The molecule has 2 rings (SSSR count). The number of hydrogen-bond acceptors (Lipinski definition) is 1. The molecule has 0 aliphatic rings. The van der Waals surface area contributed by atoms with Crippen LogP contribution in [0.15, 0.2) is 42.5 Å². The standard InChI is InChI=1S/C13H11F2N/c1-16-10-7-5-9(6-8-10)11-3-2-4-12(14)13(11)15/h2-8,16H,1H3. The van der Waals surface area contributed by atoms with Crippen molar-refractivity contribution in [2.45, 2.75) is 0 Å². The van der Waals surface area contributed by atoms with E-state index in [0.29, 0.717) is 5.56 Å². The van der Waals surface area contributed by atoms with Gasteiger partial charge in [-0.1, -0.05) is 24.3 Å². The molecular weight excluding hydrogens is 208 g/mol. The van der Waals surface area contributed by atoms with Crippen molar-refractivity contribution in [2.24, 2.45) is 0 Å². The van der Waals surface area contributed by atoms with E-state index >= 15 is 0 Å². The van der Waals surface area contributed by atoms with Crippen LogP contribution in [0.25, 0.3) is 11.1 Å². The third-order valence-corrected chi connectivity index (χ3v) is 2.44. The van der Waals surface area contributed by atoms with Gasteiger partial charge in [-0.2, -0.15) is 0 Å². The Balaban J connectivity index is 2.46. The molecule has 0 atom stereocenters. The minimum atomic E-state index is -0.824. The van der Waals surface area contributed by atoms with Crippen LogP contribution in [-0.4, -0.2) is 7.05 Å². The van der Waals surface area contributed by atoms with E-state index in [1.54, 1.807) is 25.2 Å². The Morgan fingerprint density at radius 3 is 2.25 bits per heavy atom. The van der Waals surface area contributed by atoms with Crippen LogP contribution in [0.4, 0.5) is 14.5 Å². The Labute approximate surface area is 92.7 Å². The smallest absolute Gasteiger partial charge is 0.166 e. The molecule has 2 aromatic rings. The predicted octanol–water partition coefficient (Wildman–Crippen LogP) is 3.67. The molecule has 0 aliphatic carbocycles. The third-order valence-electron chi connectivity index (χ3n) is 2.44. The average molecular weight is 219 g/mol. The van der Waals surface area contributed by atoms with E-state index in [1.165, 1.54) is 6.07 Å². The van der Waals surface area contributed by atoms with Gasteiger partial charge in [0.25, 0.3) is 0 Å². The summed E-state index contributed by atoms with van der Waals surface area (Å²) in [6, 6.07) is 11.3. The third kappa shape index (κ3) is 1.89. The van der Waals surface area contributed by atoms with Gasteiger partial charge in [0, 0.05) is 18.3 Å². The highest BCUT2D eigenvalue weighted by atomic mass is 19.2. The van der Waals surface area contributed by atoms with Gasteiger partial charge < -0.3 is 5.32 Å². The van der Waals surface area contributed by atoms with E-state index in [9.17, 15) is 8.78 Å². The number of benzene rings is 2. The summed E-state index contributed by atoms with van der Waals surface area (Å²) in [4.78, 5) is 0. The van der Waals surface area contributed by atoms with Crippen molar-refractivity contribution in [1.29, 1.82) is 0 Å². The molecule has 0 fully saturated rings. The SMILES string of the molecule is CNc1ccc(-c2cccc(F)c2F)cc1. The highest BCUT2D eigenvalue weighted by Gasteiger charge is 2.08. The van der Waals surface area contributed by atoms with Gasteiger partial charge in [0.15, 0.2) is 11.6 Å². The maximum absolute atomic E-state index is 13.5. The Morgan fingerprint density at radius 1 is 0.938 bits per heavy atom. The highest BCUT2D eigenvalue weighted by molar-refractivity contribution is 5.66. The Morgan fingerprint density at radius 2 is 1.62 bits per heavy atom. The zero-order valence-electron chi connectivity index (χ0n) is 8.80. The van der Waals surface area contributed by atoms with Crippen molar-refractivity contribution in [3.05, 3.63) is 54.1 Å². The molecule has 0 amide bonds. The maximum atomic E-state index is 13.5. The first-order valence-electron chi connectivity index (χ1n) is 4.94. The molecule has 0 spiro atoms. The van der Waals surface area contributed by atoms with Crippen LogP contribution in [0.5, 0.6) is 0 Å². The van der Waals surface area contributed by atoms with Crippen molar-refractivity contribution in [2.75, 3.05) is 12.4 Å². The van der Waals surface area contributed by atoms with Crippen LogP contribution >= 0.6 is 0 Å². The summed E-state index contributed by atoms with van der Waals surface area (Å²) in [5.41, 5.74) is 1.87. The van der Waals surface area contributed by atoms with Crippen LogP contribution in [0.1, 0.15) is 0 Å². The molecule has 0 bridgehead atoms. The van der Waals surface area contributed by atoms with Gasteiger partial charge in [-0.25, -0.2) is 8.78 Å². The maximum Gasteiger partial charge on any atom is 0.166 e. The van der Waals surface area contributed by atoms with E-state index < -0.39 is 11.6 Å². The number of halogens is 2. The largest absolute Gasteiger partial charge is 0.388 e. The molecule has 0 saturated carbocycles. The fourth-order valence-corrected chi connectivity index (χ4v) is 1.54. The lowest BCUT2D eigenvalue weighted by molar-refractivity contribution is 0.511. The molecular formula is C13H11F2N. The number of anilines is 1. The summed E-state index contributed by atoms with van der Waals surface area (Å²) in [5, 5.41) is 2.96. The van der Waals surface area contributed by atoms with E-state index in [1.807, 2.05) is 12.1 Å². The lowest BCUT2D eigenvalue weighted by Crippen LogP contribution is -1.90. The minimum absolute atomic E-state index is 0.280. The lowest BCUT2D eigenvalue weighted by atomic mass is 10.0. The number of hydrogen-bond donors (Lipinski definition) is 1. The van der Waals surface area contributed by atoms with Crippen LogP contribution in [0, 0.1) is 11.6 Å². The summed E-state index contributed by atoms with van der Waals surface area (Å²) in [6.45, 7) is 0. The fourth-order valence-electron chi connectivity index (χ4n) is 1.54. The zero-order valence-corrected chi connectivity index (χ0v) is 8.80. The van der Waals surface area contributed by atoms with Crippen LogP contribution < -0.4 is 5.32 Å². The van der Waals surface area contributed by atoms with Crippen LogP contribution in [-0.2, 0) is 0 Å². The normalized spacial score (nSPS) is 10.2. The summed E-state index contributed by atoms with van der Waals surface area (Å²) >= 11 is 0. The van der Waals surface area contributed by atoms with Gasteiger partial charge in [-0.15, -0.1) is 0 Å². The van der Waals surface area contributed by atoms with Gasteiger partial charge in [-0.05, 0) is 23.8 Å². The average Bonchev–Trinajstić information content (AvgIpc) is 2.33. The molecule has 0 saturated heterocycles. The second-order valence-corrected chi connectivity index (χ2v) is 3.43. The van der Waals surface area contributed by atoms with Gasteiger partial charge in [0.05, 0.1) is 0 Å². The molecule has 0 unspecified atom stereocenters. The van der Waals surface area contributed by atoms with Crippen molar-refractivity contribution in [3.63, 3.8) is 0 Å². The van der Waals surface area contributed by atoms with Crippen molar-refractivity contribution >= 4 is 5.69 Å². The molecule has 0 aliphatic heterocycles. The number of nitrogens with one attached hydrogen (secondary N) is 1. The van der Waals surface area contributed by atoms with Crippen LogP contribution in [0.3, 0.4) is 0 Å². The van der Waals surface area contributed by atoms with E-state index in [2.05, 4.69) is 5.32 Å². The summed E-state index contributed by atoms with van der Waals surface area (Å²) in [5.74, 6) is -1.63. The molecule has 1 nitrogen and oxygen atoms in total. The molecule has 16 heavy (non-hydrogen) atoms. The molecule has 0 heterocycles. The van der Waals surface area contributed by atoms with Crippen molar-refractivity contribution < 1.29 is 8.78 Å². The van der Waals surface area contributed by atoms with Crippen molar-refractivity contribution in [3.8, 4) is 11.1 Å². The number of rotatable bonds is 2. The second-order valence-electron chi connectivity index (χ2n) is 3.43. The monoisotopic (exact) mass is 219 g/mol. The highest BCUT2D eigenvalue weighted by Crippen LogP contribution is 2.25. The molecule has 0 aromatic heterocycles. The molecule has 2 aromatic carbocycles. The minimum Gasteiger partial charge on any atom is -0.388 e. The first kappa shape index (κ1) is 10.6. The fraction of sp³-hybridized carbons (Fsp3) is 0.0769. The Kier molecular flexibility index (Phi) is 2.86. The van der Waals surface area contributed by atoms with Crippen molar-refractivity contribution in [1.82, 2.24) is 0 Å². The Bertz CT molecular complexity index is 492. The zero-order chi connectivity index (χ0) is 11.5. The Hall–Kier alpha value is -1.90. The first-order chi connectivity index (χ1) is 7.72. The van der Waals surface area contributed by atoms with Gasteiger partial charge >= 0.3 is 0 Å². The predicted molar refractivity (Wildman–Crippen MR) is 61.3 cm³/mol. The molecule has 1 N–H and O–H groups in total. The van der Waals surface area contributed by atoms with Crippen LogP contribution in [0.2, 0.25) is 0 Å². The summed E-state index contributed by atoms with van der Waals surface area (Å²) in [6.07, 6.45) is 0. The molecule has 82 valence electrons. The van der Waals surface area contributed by atoms with Gasteiger partial charge in [0.1, 0.15) is 0 Å². The van der Waals surface area contributed by atoms with E-state index in [-0.39, 0.29) is 5.56 Å². The first-order valence-corrected chi connectivity index (χ1v) is 4.94.